The van der Waals surface area contributed by atoms with Crippen molar-refractivity contribution in [2.24, 2.45) is 5.92 Å². The van der Waals surface area contributed by atoms with Gasteiger partial charge in [0.2, 0.25) is 0 Å². The molecule has 0 aliphatic rings. The maximum absolute atomic E-state index is 11.7. The number of carbonyl (C=O) groups excluding carboxylic acids is 1. The predicted molar refractivity (Wildman–Crippen MR) is 65.2 cm³/mol. The highest BCUT2D eigenvalue weighted by atomic mass is 16.6. The van der Waals surface area contributed by atoms with Crippen LogP contribution in [0.5, 0.6) is 0 Å². The standard InChI is InChI=1S/C14H20O2/c1-11(13(15)16-14(2,3)4)10-12-8-6-5-7-9-12/h5-9,11H,10H2,1-4H3/t11-/m1/s1. The third kappa shape index (κ3) is 4.47. The van der Waals surface area contributed by atoms with Crippen molar-refractivity contribution in [3.8, 4) is 0 Å². The minimum absolute atomic E-state index is 0.0957. The average Bonchev–Trinajstić information content (AvgIpc) is 2.16. The molecule has 0 amide bonds. The van der Waals surface area contributed by atoms with Gasteiger partial charge >= 0.3 is 5.97 Å². The van der Waals surface area contributed by atoms with Gasteiger partial charge in [0.05, 0.1) is 5.92 Å². The van der Waals surface area contributed by atoms with Crippen LogP contribution < -0.4 is 0 Å². The Labute approximate surface area is 97.6 Å². The van der Waals surface area contributed by atoms with Crippen LogP contribution in [0.15, 0.2) is 30.3 Å². The Morgan fingerprint density at radius 2 is 1.81 bits per heavy atom. The van der Waals surface area contributed by atoms with Gasteiger partial charge in [0.1, 0.15) is 5.60 Å². The Bertz CT molecular complexity index is 336. The summed E-state index contributed by atoms with van der Waals surface area (Å²) >= 11 is 0. The topological polar surface area (TPSA) is 26.3 Å². The predicted octanol–water partition coefficient (Wildman–Crippen LogP) is 3.21. The highest BCUT2D eigenvalue weighted by Crippen LogP contribution is 2.14. The van der Waals surface area contributed by atoms with Crippen LogP contribution in [0.1, 0.15) is 33.3 Å². The largest absolute Gasteiger partial charge is 0.460 e. The maximum Gasteiger partial charge on any atom is 0.309 e. The number of rotatable bonds is 3. The Morgan fingerprint density at radius 1 is 1.25 bits per heavy atom. The number of benzene rings is 1. The molecule has 0 saturated carbocycles. The van der Waals surface area contributed by atoms with E-state index in [1.807, 2.05) is 58.0 Å². The van der Waals surface area contributed by atoms with Crippen LogP contribution in [-0.4, -0.2) is 11.6 Å². The lowest BCUT2D eigenvalue weighted by molar-refractivity contribution is -0.159. The monoisotopic (exact) mass is 220 g/mol. The highest BCUT2D eigenvalue weighted by Gasteiger charge is 2.21. The molecule has 88 valence electrons. The summed E-state index contributed by atoms with van der Waals surface area (Å²) in [5, 5.41) is 0. The summed E-state index contributed by atoms with van der Waals surface area (Å²) in [7, 11) is 0. The van der Waals surface area contributed by atoms with Gasteiger partial charge in [0.15, 0.2) is 0 Å². The third-order valence-corrected chi connectivity index (χ3v) is 2.19. The number of hydrogen-bond acceptors (Lipinski definition) is 2. The van der Waals surface area contributed by atoms with E-state index in [1.165, 1.54) is 5.56 Å². The highest BCUT2D eigenvalue weighted by molar-refractivity contribution is 5.72. The summed E-state index contributed by atoms with van der Waals surface area (Å²) in [6.07, 6.45) is 0.732. The zero-order valence-electron chi connectivity index (χ0n) is 10.5. The molecule has 0 aromatic heterocycles. The first-order valence-electron chi connectivity index (χ1n) is 5.65. The summed E-state index contributed by atoms with van der Waals surface area (Å²) in [4.78, 5) is 11.7. The van der Waals surface area contributed by atoms with E-state index in [1.54, 1.807) is 0 Å². The first-order valence-corrected chi connectivity index (χ1v) is 5.65. The van der Waals surface area contributed by atoms with Crippen molar-refractivity contribution in [3.05, 3.63) is 35.9 Å². The maximum atomic E-state index is 11.7. The van der Waals surface area contributed by atoms with Gasteiger partial charge in [-0.25, -0.2) is 0 Å². The SMILES string of the molecule is C[C@H](Cc1ccccc1)C(=O)OC(C)(C)C. The molecule has 0 aliphatic heterocycles. The van der Waals surface area contributed by atoms with Crippen LogP contribution in [0.3, 0.4) is 0 Å². The fourth-order valence-corrected chi connectivity index (χ4v) is 1.45. The lowest BCUT2D eigenvalue weighted by Crippen LogP contribution is -2.28. The molecule has 0 spiro atoms. The third-order valence-electron chi connectivity index (χ3n) is 2.19. The first-order chi connectivity index (χ1) is 7.38. The van der Waals surface area contributed by atoms with Gasteiger partial charge in [-0.1, -0.05) is 37.3 Å². The van der Waals surface area contributed by atoms with Crippen LogP contribution in [-0.2, 0) is 16.0 Å². The Kier molecular flexibility index (Phi) is 4.11. The van der Waals surface area contributed by atoms with Crippen molar-refractivity contribution in [2.75, 3.05) is 0 Å². The van der Waals surface area contributed by atoms with Crippen molar-refractivity contribution in [2.45, 2.75) is 39.7 Å². The molecular weight excluding hydrogens is 200 g/mol. The van der Waals surface area contributed by atoms with E-state index in [9.17, 15) is 4.79 Å². The van der Waals surface area contributed by atoms with Crippen molar-refractivity contribution < 1.29 is 9.53 Å². The van der Waals surface area contributed by atoms with Gasteiger partial charge < -0.3 is 4.74 Å². The lowest BCUT2D eigenvalue weighted by Gasteiger charge is -2.22. The molecule has 1 aromatic carbocycles. The van der Waals surface area contributed by atoms with E-state index >= 15 is 0 Å². The van der Waals surface area contributed by atoms with E-state index in [-0.39, 0.29) is 11.9 Å². The minimum atomic E-state index is -0.401. The Morgan fingerprint density at radius 3 is 2.31 bits per heavy atom. The molecule has 0 fully saturated rings. The summed E-state index contributed by atoms with van der Waals surface area (Å²) in [6.45, 7) is 7.57. The quantitative estimate of drug-likeness (QED) is 0.731. The van der Waals surface area contributed by atoms with Crippen molar-refractivity contribution in [3.63, 3.8) is 0 Å². The summed E-state index contributed by atoms with van der Waals surface area (Å²) in [5.74, 6) is -0.224. The zero-order chi connectivity index (χ0) is 12.2. The molecule has 2 heteroatoms. The molecule has 0 unspecified atom stereocenters. The second-order valence-corrected chi connectivity index (χ2v) is 5.12. The molecular formula is C14H20O2. The molecule has 1 aromatic rings. The van der Waals surface area contributed by atoms with Gasteiger partial charge in [-0.3, -0.25) is 4.79 Å². The Hall–Kier alpha value is -1.31. The second-order valence-electron chi connectivity index (χ2n) is 5.12. The van der Waals surface area contributed by atoms with Crippen LogP contribution >= 0.6 is 0 Å². The second kappa shape index (κ2) is 5.15. The van der Waals surface area contributed by atoms with Gasteiger partial charge in [-0.15, -0.1) is 0 Å². The van der Waals surface area contributed by atoms with Crippen molar-refractivity contribution >= 4 is 5.97 Å². The van der Waals surface area contributed by atoms with E-state index in [0.717, 1.165) is 6.42 Å². The fraction of sp³-hybridized carbons (Fsp3) is 0.500. The summed E-state index contributed by atoms with van der Waals surface area (Å²) < 4.78 is 5.33. The number of ether oxygens (including phenoxy) is 1. The molecule has 0 radical (unpaired) electrons. The average molecular weight is 220 g/mol. The van der Waals surface area contributed by atoms with E-state index in [2.05, 4.69) is 0 Å². The summed E-state index contributed by atoms with van der Waals surface area (Å²) in [6, 6.07) is 10.00. The molecule has 0 aliphatic carbocycles. The fourth-order valence-electron chi connectivity index (χ4n) is 1.45. The first kappa shape index (κ1) is 12.8. The van der Waals surface area contributed by atoms with Crippen LogP contribution in [0, 0.1) is 5.92 Å². The van der Waals surface area contributed by atoms with Crippen LogP contribution in [0.4, 0.5) is 0 Å². The zero-order valence-corrected chi connectivity index (χ0v) is 10.5. The van der Waals surface area contributed by atoms with Gasteiger partial charge in [-0.05, 0) is 32.8 Å². The Balaban J connectivity index is 2.53. The van der Waals surface area contributed by atoms with E-state index in [0.29, 0.717) is 0 Å². The molecule has 0 bridgehead atoms. The number of esters is 1. The molecule has 0 N–H and O–H groups in total. The minimum Gasteiger partial charge on any atom is -0.460 e. The molecule has 0 heterocycles. The molecule has 16 heavy (non-hydrogen) atoms. The lowest BCUT2D eigenvalue weighted by atomic mass is 10.0. The van der Waals surface area contributed by atoms with Crippen molar-refractivity contribution in [1.82, 2.24) is 0 Å². The smallest absolute Gasteiger partial charge is 0.309 e. The van der Waals surface area contributed by atoms with Crippen LogP contribution in [0.25, 0.3) is 0 Å². The summed E-state index contributed by atoms with van der Waals surface area (Å²) in [5.41, 5.74) is 0.767. The molecule has 1 rings (SSSR count). The van der Waals surface area contributed by atoms with Gasteiger partial charge in [0.25, 0.3) is 0 Å². The molecule has 2 nitrogen and oxygen atoms in total. The molecule has 0 saturated heterocycles. The van der Waals surface area contributed by atoms with E-state index in [4.69, 9.17) is 4.74 Å². The van der Waals surface area contributed by atoms with E-state index < -0.39 is 5.60 Å². The molecule has 1 atom stereocenters. The number of hydrogen-bond donors (Lipinski definition) is 0. The van der Waals surface area contributed by atoms with Gasteiger partial charge in [-0.2, -0.15) is 0 Å². The normalized spacial score (nSPS) is 13.2. The van der Waals surface area contributed by atoms with Crippen LogP contribution in [0.2, 0.25) is 0 Å². The van der Waals surface area contributed by atoms with Gasteiger partial charge in [0, 0.05) is 0 Å². The number of carbonyl (C=O) groups is 1. The van der Waals surface area contributed by atoms with Crippen molar-refractivity contribution in [1.29, 1.82) is 0 Å².